The number of nitro groups is 1. The summed E-state index contributed by atoms with van der Waals surface area (Å²) in [4.78, 5) is 27.3. The summed E-state index contributed by atoms with van der Waals surface area (Å²) < 4.78 is 11.2. The van der Waals surface area contributed by atoms with Gasteiger partial charge in [-0.2, -0.15) is 0 Å². The molecule has 0 unspecified atom stereocenters. The van der Waals surface area contributed by atoms with Crippen molar-refractivity contribution in [3.63, 3.8) is 0 Å². The third kappa shape index (κ3) is 4.55. The fourth-order valence-corrected chi connectivity index (χ4v) is 4.09. The Balaban J connectivity index is 1.89. The first-order valence-corrected chi connectivity index (χ1v) is 9.96. The number of methoxy groups -OCH3 is 2. The van der Waals surface area contributed by atoms with Crippen LogP contribution in [0.15, 0.2) is 44.7 Å². The molecule has 3 rings (SSSR count). The van der Waals surface area contributed by atoms with Gasteiger partial charge in [0, 0.05) is 12.1 Å². The Morgan fingerprint density at radius 1 is 1.28 bits per heavy atom. The van der Waals surface area contributed by atoms with Crippen molar-refractivity contribution in [3.8, 4) is 11.5 Å². The summed E-state index contributed by atoms with van der Waals surface area (Å²) in [7, 11) is 3.06. The maximum absolute atomic E-state index is 12.3. The average molecular weight is 499 g/mol. The van der Waals surface area contributed by atoms with Crippen molar-refractivity contribution in [1.29, 1.82) is 0 Å². The van der Waals surface area contributed by atoms with Crippen molar-refractivity contribution in [3.05, 3.63) is 60.4 Å². The summed E-state index contributed by atoms with van der Waals surface area (Å²) in [6.07, 6.45) is 1.69. The number of amidine groups is 1. The molecule has 2 aromatic carbocycles. The summed E-state index contributed by atoms with van der Waals surface area (Å²) in [5, 5.41) is 13.9. The van der Waals surface area contributed by atoms with E-state index in [1.807, 2.05) is 0 Å². The van der Waals surface area contributed by atoms with Gasteiger partial charge in [0.1, 0.15) is 0 Å². The molecule has 0 atom stereocenters. The first-order chi connectivity index (χ1) is 13.8. The van der Waals surface area contributed by atoms with Gasteiger partial charge in [-0.3, -0.25) is 14.9 Å². The lowest BCUT2D eigenvalue weighted by Crippen LogP contribution is -2.19. The third-order valence-corrected chi connectivity index (χ3v) is 5.85. The standard InChI is InChI=1S/C18H13BrClN3O5S/c1-27-13-6-3-9(15(19)16(13)28-2)7-14-17(24)22-18(29-14)21-12-5-4-10(23(25)26)8-11(12)20/h3-8H,1-2H3,(H,21,22,24)/b14-7+. The van der Waals surface area contributed by atoms with Crippen molar-refractivity contribution in [2.45, 2.75) is 0 Å². The average Bonchev–Trinajstić information content (AvgIpc) is 3.03. The molecule has 0 saturated carbocycles. The lowest BCUT2D eigenvalue weighted by molar-refractivity contribution is -0.384. The molecule has 1 aliphatic heterocycles. The summed E-state index contributed by atoms with van der Waals surface area (Å²) in [6.45, 7) is 0. The third-order valence-electron chi connectivity index (χ3n) is 3.82. The Labute approximate surface area is 183 Å². The minimum Gasteiger partial charge on any atom is -0.493 e. The molecule has 0 radical (unpaired) electrons. The topological polar surface area (TPSA) is 103 Å². The second-order valence-electron chi connectivity index (χ2n) is 5.58. The molecular formula is C18H13BrClN3O5S. The highest BCUT2D eigenvalue weighted by Crippen LogP contribution is 2.40. The number of aliphatic imine (C=N–C) groups is 1. The van der Waals surface area contributed by atoms with Gasteiger partial charge in [-0.15, -0.1) is 0 Å². The van der Waals surface area contributed by atoms with E-state index in [-0.39, 0.29) is 16.6 Å². The van der Waals surface area contributed by atoms with Crippen molar-refractivity contribution in [2.24, 2.45) is 4.99 Å². The molecule has 0 aromatic heterocycles. The van der Waals surface area contributed by atoms with Gasteiger partial charge in [0.25, 0.3) is 11.6 Å². The van der Waals surface area contributed by atoms with E-state index in [0.29, 0.717) is 31.7 Å². The number of carbonyl (C=O) groups excluding carboxylic acids is 1. The van der Waals surface area contributed by atoms with Crippen LogP contribution in [0.1, 0.15) is 5.56 Å². The van der Waals surface area contributed by atoms with Crippen LogP contribution in [0, 0.1) is 10.1 Å². The number of ether oxygens (including phenoxy) is 2. The van der Waals surface area contributed by atoms with Gasteiger partial charge < -0.3 is 14.8 Å². The smallest absolute Gasteiger partial charge is 0.271 e. The molecule has 0 aliphatic carbocycles. The highest BCUT2D eigenvalue weighted by atomic mass is 79.9. The van der Waals surface area contributed by atoms with Crippen molar-refractivity contribution in [2.75, 3.05) is 14.2 Å². The van der Waals surface area contributed by atoms with E-state index in [1.165, 1.54) is 32.4 Å². The predicted octanol–water partition coefficient (Wildman–Crippen LogP) is 4.92. The molecule has 1 heterocycles. The van der Waals surface area contributed by atoms with Crippen molar-refractivity contribution < 1.29 is 19.2 Å². The second kappa shape index (κ2) is 8.85. The Hall–Kier alpha value is -2.56. The number of benzene rings is 2. The summed E-state index contributed by atoms with van der Waals surface area (Å²) in [6, 6.07) is 7.45. The quantitative estimate of drug-likeness (QED) is 0.357. The van der Waals surface area contributed by atoms with Gasteiger partial charge >= 0.3 is 0 Å². The van der Waals surface area contributed by atoms with Gasteiger partial charge in [-0.05, 0) is 57.5 Å². The van der Waals surface area contributed by atoms with Crippen LogP contribution in [-0.2, 0) is 4.79 Å². The van der Waals surface area contributed by atoms with E-state index < -0.39 is 4.92 Å². The molecule has 0 bridgehead atoms. The molecule has 29 heavy (non-hydrogen) atoms. The molecule has 0 spiro atoms. The number of thioether (sulfide) groups is 1. The zero-order chi connectivity index (χ0) is 21.1. The summed E-state index contributed by atoms with van der Waals surface area (Å²) in [5.74, 6) is 0.741. The van der Waals surface area contributed by atoms with Crippen LogP contribution < -0.4 is 14.8 Å². The predicted molar refractivity (Wildman–Crippen MR) is 116 cm³/mol. The van der Waals surface area contributed by atoms with Gasteiger partial charge in [-0.1, -0.05) is 11.6 Å². The Bertz CT molecular complexity index is 1070. The van der Waals surface area contributed by atoms with Crippen LogP contribution in [0.25, 0.3) is 6.08 Å². The second-order valence-corrected chi connectivity index (χ2v) is 7.81. The van der Waals surface area contributed by atoms with Crippen LogP contribution in [0.4, 0.5) is 11.4 Å². The van der Waals surface area contributed by atoms with Crippen LogP contribution in [0.5, 0.6) is 11.5 Å². The van der Waals surface area contributed by atoms with Crippen LogP contribution in [0.2, 0.25) is 5.02 Å². The van der Waals surface area contributed by atoms with Gasteiger partial charge in [-0.25, -0.2) is 4.99 Å². The maximum Gasteiger partial charge on any atom is 0.271 e. The number of non-ortho nitro benzene ring substituents is 1. The Morgan fingerprint density at radius 3 is 2.66 bits per heavy atom. The fourth-order valence-electron chi connectivity index (χ4n) is 2.45. The number of halogens is 2. The first-order valence-electron chi connectivity index (χ1n) is 7.98. The number of hydrogen-bond acceptors (Lipinski definition) is 7. The Kier molecular flexibility index (Phi) is 6.46. The summed E-state index contributed by atoms with van der Waals surface area (Å²) in [5.41, 5.74) is 0.893. The molecule has 2 aromatic rings. The number of nitro benzene ring substituents is 1. The number of nitrogens with zero attached hydrogens (tertiary/aromatic N) is 2. The summed E-state index contributed by atoms with van der Waals surface area (Å²) >= 11 is 10.6. The van der Waals surface area contributed by atoms with E-state index >= 15 is 0 Å². The molecule has 1 amide bonds. The van der Waals surface area contributed by atoms with E-state index in [2.05, 4.69) is 26.2 Å². The molecule has 1 aliphatic rings. The van der Waals surface area contributed by atoms with Crippen molar-refractivity contribution in [1.82, 2.24) is 5.32 Å². The molecule has 1 fully saturated rings. The number of hydrogen-bond donors (Lipinski definition) is 1. The van der Waals surface area contributed by atoms with E-state index in [9.17, 15) is 14.9 Å². The monoisotopic (exact) mass is 497 g/mol. The fraction of sp³-hybridized carbons (Fsp3) is 0.111. The highest BCUT2D eigenvalue weighted by molar-refractivity contribution is 9.10. The molecule has 150 valence electrons. The lowest BCUT2D eigenvalue weighted by atomic mass is 10.2. The largest absolute Gasteiger partial charge is 0.493 e. The highest BCUT2D eigenvalue weighted by Gasteiger charge is 2.25. The van der Waals surface area contributed by atoms with Crippen LogP contribution in [-0.4, -0.2) is 30.2 Å². The molecule has 8 nitrogen and oxygen atoms in total. The van der Waals surface area contributed by atoms with Gasteiger partial charge in [0.05, 0.1) is 39.2 Å². The van der Waals surface area contributed by atoms with Crippen LogP contribution in [0.3, 0.4) is 0 Å². The molecule has 11 heteroatoms. The number of nitrogens with one attached hydrogen (secondary N) is 1. The van der Waals surface area contributed by atoms with Gasteiger partial charge in [0.15, 0.2) is 16.7 Å². The van der Waals surface area contributed by atoms with Crippen LogP contribution >= 0.6 is 39.3 Å². The number of rotatable bonds is 5. The molecule has 1 saturated heterocycles. The number of carbonyl (C=O) groups is 1. The van der Waals surface area contributed by atoms with E-state index in [0.717, 1.165) is 17.3 Å². The van der Waals surface area contributed by atoms with Crippen molar-refractivity contribution >= 4 is 67.8 Å². The lowest BCUT2D eigenvalue weighted by Gasteiger charge is -2.11. The minimum atomic E-state index is -0.545. The Morgan fingerprint density at radius 2 is 2.03 bits per heavy atom. The normalized spacial score (nSPS) is 16.2. The van der Waals surface area contributed by atoms with Gasteiger partial charge in [0.2, 0.25) is 0 Å². The van der Waals surface area contributed by atoms with E-state index in [1.54, 1.807) is 18.2 Å². The van der Waals surface area contributed by atoms with E-state index in [4.69, 9.17) is 21.1 Å². The minimum absolute atomic E-state index is 0.113. The zero-order valence-corrected chi connectivity index (χ0v) is 18.2. The number of amides is 1. The first kappa shape index (κ1) is 21.2. The SMILES string of the molecule is COc1ccc(/C=C2/SC(=Nc3ccc([N+](=O)[O-])cc3Cl)NC2=O)c(Br)c1OC. The molecular weight excluding hydrogens is 486 g/mol. The maximum atomic E-state index is 12.3. The molecule has 1 N–H and O–H groups in total. The zero-order valence-electron chi connectivity index (χ0n) is 15.1.